The van der Waals surface area contributed by atoms with E-state index >= 15 is 0 Å². The number of carbonyl (C=O) groups is 2. The van der Waals surface area contributed by atoms with Crippen molar-refractivity contribution in [3.05, 3.63) is 12.7 Å². The Bertz CT molecular complexity index is 1010. The van der Waals surface area contributed by atoms with Crippen molar-refractivity contribution in [2.75, 3.05) is 25.4 Å². The SMILES string of the molecule is C[C@@]1(O)CC2(CCN(C(=O)[C@@H](N)CCC(=O)O)CC2)OC[C@H]1n1cnc2c(N)ncnc21. The van der Waals surface area contributed by atoms with Gasteiger partial charge in [-0.05, 0) is 26.2 Å². The number of imidazole rings is 1. The average molecular weight is 447 g/mol. The molecule has 1 amide bonds. The van der Waals surface area contributed by atoms with Crippen LogP contribution in [0.15, 0.2) is 12.7 Å². The number of fused-ring (bicyclic) bond motifs is 1. The molecule has 2 aliphatic heterocycles. The zero-order valence-corrected chi connectivity index (χ0v) is 18.0. The molecule has 12 nitrogen and oxygen atoms in total. The molecule has 0 bridgehead atoms. The second-order valence-corrected chi connectivity index (χ2v) is 8.99. The van der Waals surface area contributed by atoms with Crippen LogP contribution < -0.4 is 11.5 Å². The maximum absolute atomic E-state index is 12.6. The minimum Gasteiger partial charge on any atom is -0.481 e. The number of carboxylic acids is 1. The first-order valence-electron chi connectivity index (χ1n) is 10.7. The maximum Gasteiger partial charge on any atom is 0.303 e. The molecule has 0 aliphatic carbocycles. The number of nitrogen functional groups attached to an aromatic ring is 1. The van der Waals surface area contributed by atoms with Gasteiger partial charge in [-0.2, -0.15) is 0 Å². The van der Waals surface area contributed by atoms with E-state index in [0.717, 1.165) is 0 Å². The number of piperidine rings is 1. The van der Waals surface area contributed by atoms with Gasteiger partial charge in [0, 0.05) is 25.9 Å². The fourth-order valence-electron chi connectivity index (χ4n) is 4.83. The molecule has 174 valence electrons. The summed E-state index contributed by atoms with van der Waals surface area (Å²) in [6, 6.07) is -1.24. The number of hydrogen-bond acceptors (Lipinski definition) is 9. The summed E-state index contributed by atoms with van der Waals surface area (Å²) in [5, 5.41) is 20.2. The third-order valence-electron chi connectivity index (χ3n) is 6.64. The molecule has 12 heteroatoms. The second kappa shape index (κ2) is 8.26. The molecule has 4 rings (SSSR count). The fraction of sp³-hybridized carbons (Fsp3) is 0.650. The molecule has 0 saturated carbocycles. The number of hydrogen-bond donors (Lipinski definition) is 4. The van der Waals surface area contributed by atoms with Crippen LogP contribution in [0, 0.1) is 0 Å². The molecule has 2 aromatic heterocycles. The van der Waals surface area contributed by atoms with E-state index in [9.17, 15) is 14.7 Å². The predicted molar refractivity (Wildman–Crippen MR) is 113 cm³/mol. The van der Waals surface area contributed by atoms with Crippen LogP contribution in [0.2, 0.25) is 0 Å². The molecule has 3 atom stereocenters. The Balaban J connectivity index is 1.42. The Labute approximate surface area is 184 Å². The molecule has 0 unspecified atom stereocenters. The Kier molecular flexibility index (Phi) is 5.77. The molecule has 0 aromatic carbocycles. The molecule has 32 heavy (non-hydrogen) atoms. The van der Waals surface area contributed by atoms with Gasteiger partial charge < -0.3 is 35.9 Å². The molecule has 4 heterocycles. The lowest BCUT2D eigenvalue weighted by atomic mass is 9.75. The van der Waals surface area contributed by atoms with Crippen molar-refractivity contribution in [1.29, 1.82) is 0 Å². The van der Waals surface area contributed by atoms with E-state index < -0.39 is 29.3 Å². The number of nitrogens with zero attached hydrogens (tertiary/aromatic N) is 5. The quantitative estimate of drug-likeness (QED) is 0.473. The summed E-state index contributed by atoms with van der Waals surface area (Å²) in [6.45, 7) is 2.92. The first kappa shape index (κ1) is 22.4. The Morgan fingerprint density at radius 3 is 2.69 bits per heavy atom. The number of carbonyl (C=O) groups excluding carboxylic acids is 1. The third kappa shape index (κ3) is 4.12. The Hall–Kier alpha value is -2.83. The predicted octanol–water partition coefficient (Wildman–Crippen LogP) is -0.326. The summed E-state index contributed by atoms with van der Waals surface area (Å²) in [5.41, 5.74) is 11.1. The highest BCUT2D eigenvalue weighted by Gasteiger charge is 2.50. The van der Waals surface area contributed by atoms with Crippen molar-refractivity contribution < 1.29 is 24.5 Å². The highest BCUT2D eigenvalue weighted by Crippen LogP contribution is 2.44. The smallest absolute Gasteiger partial charge is 0.303 e. The van der Waals surface area contributed by atoms with Gasteiger partial charge in [-0.25, -0.2) is 15.0 Å². The van der Waals surface area contributed by atoms with Crippen LogP contribution in [0.1, 0.15) is 45.1 Å². The lowest BCUT2D eigenvalue weighted by Crippen LogP contribution is -2.59. The van der Waals surface area contributed by atoms with Crippen LogP contribution in [0.3, 0.4) is 0 Å². The topological polar surface area (TPSA) is 183 Å². The molecule has 0 radical (unpaired) electrons. The lowest BCUT2D eigenvalue weighted by Gasteiger charge is -2.51. The minimum atomic E-state index is -1.10. The summed E-state index contributed by atoms with van der Waals surface area (Å²) in [4.78, 5) is 37.4. The molecular formula is C20H29N7O5. The Morgan fingerprint density at radius 1 is 1.31 bits per heavy atom. The highest BCUT2D eigenvalue weighted by molar-refractivity contribution is 5.82. The van der Waals surface area contributed by atoms with E-state index in [2.05, 4.69) is 15.0 Å². The zero-order chi connectivity index (χ0) is 23.1. The lowest BCUT2D eigenvalue weighted by molar-refractivity contribution is -0.197. The monoisotopic (exact) mass is 447 g/mol. The van der Waals surface area contributed by atoms with Crippen molar-refractivity contribution >= 4 is 28.9 Å². The van der Waals surface area contributed by atoms with Crippen LogP contribution in [0.5, 0.6) is 0 Å². The first-order chi connectivity index (χ1) is 15.1. The maximum atomic E-state index is 12.6. The zero-order valence-electron chi connectivity index (χ0n) is 18.0. The largest absolute Gasteiger partial charge is 0.481 e. The number of anilines is 1. The summed E-state index contributed by atoms with van der Waals surface area (Å²) >= 11 is 0. The number of ether oxygens (including phenoxy) is 1. The van der Waals surface area contributed by atoms with Gasteiger partial charge in [0.15, 0.2) is 11.5 Å². The average Bonchev–Trinajstić information content (AvgIpc) is 3.16. The van der Waals surface area contributed by atoms with Crippen molar-refractivity contribution in [2.45, 2.75) is 62.3 Å². The van der Waals surface area contributed by atoms with Crippen molar-refractivity contribution in [3.63, 3.8) is 0 Å². The molecule has 6 N–H and O–H groups in total. The van der Waals surface area contributed by atoms with Crippen molar-refractivity contribution in [2.24, 2.45) is 5.73 Å². The van der Waals surface area contributed by atoms with Gasteiger partial charge in [-0.1, -0.05) is 0 Å². The minimum absolute atomic E-state index is 0.107. The number of aliphatic hydroxyl groups is 1. The highest BCUT2D eigenvalue weighted by atomic mass is 16.5. The van der Waals surface area contributed by atoms with Crippen LogP contribution in [0.4, 0.5) is 5.82 Å². The van der Waals surface area contributed by atoms with Gasteiger partial charge in [0.05, 0.1) is 36.2 Å². The van der Waals surface area contributed by atoms with Gasteiger partial charge in [-0.3, -0.25) is 9.59 Å². The number of carboxylic acid groups (broad SMARTS) is 1. The van der Waals surface area contributed by atoms with E-state index in [1.807, 2.05) is 0 Å². The van der Waals surface area contributed by atoms with Gasteiger partial charge in [-0.15, -0.1) is 0 Å². The Morgan fingerprint density at radius 2 is 2.03 bits per heavy atom. The van der Waals surface area contributed by atoms with Crippen molar-refractivity contribution in [3.8, 4) is 0 Å². The summed E-state index contributed by atoms with van der Waals surface area (Å²) in [7, 11) is 0. The van der Waals surface area contributed by atoms with Crippen LogP contribution in [0.25, 0.3) is 11.2 Å². The van der Waals surface area contributed by atoms with Crippen molar-refractivity contribution in [1.82, 2.24) is 24.4 Å². The molecule has 1 spiro atoms. The first-order valence-corrected chi connectivity index (χ1v) is 10.7. The molecule has 2 aromatic rings. The van der Waals surface area contributed by atoms with Crippen LogP contribution in [-0.2, 0) is 14.3 Å². The van der Waals surface area contributed by atoms with E-state index in [4.69, 9.17) is 21.3 Å². The van der Waals surface area contributed by atoms with Crippen LogP contribution >= 0.6 is 0 Å². The van der Waals surface area contributed by atoms with Crippen LogP contribution in [-0.4, -0.2) is 83.4 Å². The molecule has 2 saturated heterocycles. The number of rotatable bonds is 5. The van der Waals surface area contributed by atoms with E-state index in [1.54, 1.807) is 22.7 Å². The molecule has 2 fully saturated rings. The van der Waals surface area contributed by atoms with Gasteiger partial charge >= 0.3 is 5.97 Å². The normalized spacial score (nSPS) is 26.3. The number of amides is 1. The van der Waals surface area contributed by atoms with E-state index in [1.165, 1.54) is 6.33 Å². The van der Waals surface area contributed by atoms with Gasteiger partial charge in [0.1, 0.15) is 11.8 Å². The van der Waals surface area contributed by atoms with E-state index in [-0.39, 0.29) is 31.2 Å². The molecular weight excluding hydrogens is 418 g/mol. The number of likely N-dealkylation sites (tertiary alicyclic amines) is 1. The summed E-state index contributed by atoms with van der Waals surface area (Å²) in [6.07, 6.45) is 4.44. The number of aromatic nitrogens is 4. The van der Waals surface area contributed by atoms with Gasteiger partial charge in [0.2, 0.25) is 5.91 Å². The number of nitrogens with two attached hydrogens (primary N) is 2. The standard InChI is InChI=1S/C20H29N7O5/c1-19(31)9-20(4-6-26(7-5-20)18(30)12(21)2-3-14(28)29)32-8-13(19)27-11-25-15-16(22)23-10-24-17(15)27/h10-13,31H,2-9,21H2,1H3,(H,28,29)(H2,22,23,24)/t12-,13+,19+/m0/s1. The second-order valence-electron chi connectivity index (χ2n) is 8.99. The summed E-state index contributed by atoms with van der Waals surface area (Å²) in [5.74, 6) is -0.943. The molecule has 2 aliphatic rings. The number of aliphatic carboxylic acids is 1. The summed E-state index contributed by atoms with van der Waals surface area (Å²) < 4.78 is 8.07. The fourth-order valence-corrected chi connectivity index (χ4v) is 4.83. The van der Waals surface area contributed by atoms with E-state index in [0.29, 0.717) is 43.5 Å². The third-order valence-corrected chi connectivity index (χ3v) is 6.64. The van der Waals surface area contributed by atoms with Gasteiger partial charge in [0.25, 0.3) is 0 Å².